The van der Waals surface area contributed by atoms with E-state index in [2.05, 4.69) is 11.4 Å². The summed E-state index contributed by atoms with van der Waals surface area (Å²) in [6.07, 6.45) is 0.216. The lowest BCUT2D eigenvalue weighted by Gasteiger charge is -2.25. The van der Waals surface area contributed by atoms with Crippen LogP contribution in [0.1, 0.15) is 32.6 Å². The summed E-state index contributed by atoms with van der Waals surface area (Å²) in [4.78, 5) is 28.0. The van der Waals surface area contributed by atoms with Gasteiger partial charge < -0.3 is 15.0 Å². The predicted molar refractivity (Wildman–Crippen MR) is 118 cm³/mol. The molecule has 0 fully saturated rings. The molecule has 2 amide bonds. The van der Waals surface area contributed by atoms with E-state index < -0.39 is 0 Å². The highest BCUT2D eigenvalue weighted by Crippen LogP contribution is 2.37. The van der Waals surface area contributed by atoms with Crippen LogP contribution >= 0.6 is 22.7 Å². The van der Waals surface area contributed by atoms with Crippen molar-refractivity contribution in [2.75, 3.05) is 18.5 Å². The molecular formula is C22H19N3O3S2. The monoisotopic (exact) mass is 437 g/mol. The van der Waals surface area contributed by atoms with E-state index in [0.717, 1.165) is 21.6 Å². The van der Waals surface area contributed by atoms with Crippen LogP contribution in [0.5, 0.6) is 0 Å². The van der Waals surface area contributed by atoms with Crippen molar-refractivity contribution in [1.29, 1.82) is 5.26 Å². The molecule has 3 aromatic rings. The van der Waals surface area contributed by atoms with Crippen LogP contribution in [0, 0.1) is 11.3 Å². The van der Waals surface area contributed by atoms with E-state index in [9.17, 15) is 14.9 Å². The van der Waals surface area contributed by atoms with Crippen molar-refractivity contribution in [3.8, 4) is 17.2 Å². The molecular weight excluding hydrogens is 418 g/mol. The number of nitrogens with zero attached hydrogens (tertiary/aromatic N) is 2. The summed E-state index contributed by atoms with van der Waals surface area (Å²) >= 11 is 2.72. The fraction of sp³-hybridized carbons (Fsp3) is 0.227. The normalized spacial score (nSPS) is 12.7. The van der Waals surface area contributed by atoms with E-state index in [4.69, 9.17) is 4.74 Å². The number of rotatable bonds is 4. The Balaban J connectivity index is 1.53. The maximum atomic E-state index is 12.8. The summed E-state index contributed by atoms with van der Waals surface area (Å²) in [5.74, 6) is -0.237. The number of thiophene rings is 2. The van der Waals surface area contributed by atoms with Gasteiger partial charge in [0, 0.05) is 11.4 Å². The van der Waals surface area contributed by atoms with Gasteiger partial charge in [-0.3, -0.25) is 4.79 Å². The standard InChI is InChI=1S/C22H19N3O3S2/c1-2-28-22(27)25-9-8-16-17(11-23)21(30-19(16)12-25)24-20(26)18-10-15(13-29-18)14-6-4-3-5-7-14/h3-7,10,13H,2,8-9,12H2,1H3,(H,24,26). The van der Waals surface area contributed by atoms with Crippen LogP contribution in [-0.2, 0) is 17.7 Å². The Morgan fingerprint density at radius 3 is 2.80 bits per heavy atom. The summed E-state index contributed by atoms with van der Waals surface area (Å²) in [7, 11) is 0. The van der Waals surface area contributed by atoms with Gasteiger partial charge in [0.1, 0.15) is 11.1 Å². The van der Waals surface area contributed by atoms with Crippen LogP contribution in [0.25, 0.3) is 11.1 Å². The largest absolute Gasteiger partial charge is 0.450 e. The van der Waals surface area contributed by atoms with Gasteiger partial charge in [0.05, 0.1) is 23.6 Å². The highest BCUT2D eigenvalue weighted by Gasteiger charge is 2.28. The molecule has 0 saturated heterocycles. The lowest BCUT2D eigenvalue weighted by atomic mass is 10.0. The summed E-state index contributed by atoms with van der Waals surface area (Å²) in [6.45, 7) is 2.98. The molecule has 1 aromatic carbocycles. The number of hydrogen-bond donors (Lipinski definition) is 1. The molecule has 30 heavy (non-hydrogen) atoms. The van der Waals surface area contributed by atoms with Gasteiger partial charge in [-0.25, -0.2) is 4.79 Å². The van der Waals surface area contributed by atoms with Gasteiger partial charge in [-0.05, 0) is 41.5 Å². The molecule has 0 saturated carbocycles. The molecule has 2 aromatic heterocycles. The van der Waals surface area contributed by atoms with E-state index in [1.807, 2.05) is 41.8 Å². The highest BCUT2D eigenvalue weighted by molar-refractivity contribution is 7.17. The van der Waals surface area contributed by atoms with E-state index in [1.54, 1.807) is 11.8 Å². The number of nitrogens with one attached hydrogen (secondary N) is 1. The number of amides is 2. The fourth-order valence-corrected chi connectivity index (χ4v) is 5.40. The zero-order valence-corrected chi connectivity index (χ0v) is 17.9. The molecule has 1 aliphatic rings. The Morgan fingerprint density at radius 1 is 1.27 bits per heavy atom. The summed E-state index contributed by atoms with van der Waals surface area (Å²) < 4.78 is 5.08. The summed E-state index contributed by atoms with van der Waals surface area (Å²) in [6, 6.07) is 14.0. The van der Waals surface area contributed by atoms with E-state index >= 15 is 0 Å². The van der Waals surface area contributed by atoms with E-state index in [-0.39, 0.29) is 12.0 Å². The minimum Gasteiger partial charge on any atom is -0.450 e. The number of ether oxygens (including phenoxy) is 1. The predicted octanol–water partition coefficient (Wildman–Crippen LogP) is 5.12. The van der Waals surface area contributed by atoms with Crippen molar-refractivity contribution in [3.63, 3.8) is 0 Å². The van der Waals surface area contributed by atoms with Crippen LogP contribution in [-0.4, -0.2) is 30.1 Å². The molecule has 1 aliphatic heterocycles. The van der Waals surface area contributed by atoms with Gasteiger partial charge in [0.2, 0.25) is 0 Å². The summed E-state index contributed by atoms with van der Waals surface area (Å²) in [5, 5.41) is 15.0. The Kier molecular flexibility index (Phi) is 5.84. The van der Waals surface area contributed by atoms with E-state index in [0.29, 0.717) is 41.6 Å². The van der Waals surface area contributed by atoms with Gasteiger partial charge in [-0.1, -0.05) is 30.3 Å². The first-order valence-electron chi connectivity index (χ1n) is 9.52. The third-order valence-corrected chi connectivity index (χ3v) is 6.91. The molecule has 8 heteroatoms. The van der Waals surface area contributed by atoms with E-state index in [1.165, 1.54) is 22.7 Å². The van der Waals surface area contributed by atoms with Crippen molar-refractivity contribution < 1.29 is 14.3 Å². The topological polar surface area (TPSA) is 82.4 Å². The Hall–Kier alpha value is -3.15. The molecule has 0 aliphatic carbocycles. The first-order chi connectivity index (χ1) is 14.6. The van der Waals surface area contributed by atoms with Crippen molar-refractivity contribution in [1.82, 2.24) is 4.90 Å². The molecule has 0 unspecified atom stereocenters. The number of fused-ring (bicyclic) bond motifs is 1. The quantitative estimate of drug-likeness (QED) is 0.614. The van der Waals surface area contributed by atoms with Gasteiger partial charge in [0.15, 0.2) is 0 Å². The average molecular weight is 438 g/mol. The zero-order valence-electron chi connectivity index (χ0n) is 16.3. The first-order valence-corrected chi connectivity index (χ1v) is 11.2. The minimum atomic E-state index is -0.354. The maximum Gasteiger partial charge on any atom is 0.410 e. The van der Waals surface area contributed by atoms with Crippen LogP contribution in [0.3, 0.4) is 0 Å². The van der Waals surface area contributed by atoms with Gasteiger partial charge in [0.25, 0.3) is 5.91 Å². The Bertz CT molecular complexity index is 1130. The molecule has 0 atom stereocenters. The highest BCUT2D eigenvalue weighted by atomic mass is 32.1. The van der Waals surface area contributed by atoms with Crippen molar-refractivity contribution >= 4 is 39.7 Å². The second-order valence-electron chi connectivity index (χ2n) is 6.71. The third-order valence-electron chi connectivity index (χ3n) is 4.85. The summed E-state index contributed by atoms with van der Waals surface area (Å²) in [5.41, 5.74) is 3.44. The number of carbonyl (C=O) groups excluding carboxylic acids is 2. The number of nitriles is 1. The van der Waals surface area contributed by atoms with Gasteiger partial charge >= 0.3 is 6.09 Å². The Morgan fingerprint density at radius 2 is 2.07 bits per heavy atom. The van der Waals surface area contributed by atoms with Crippen LogP contribution in [0.15, 0.2) is 41.8 Å². The van der Waals surface area contributed by atoms with Crippen molar-refractivity contribution in [2.45, 2.75) is 19.9 Å². The van der Waals surface area contributed by atoms with Crippen molar-refractivity contribution in [2.24, 2.45) is 0 Å². The molecule has 6 nitrogen and oxygen atoms in total. The first kappa shape index (κ1) is 20.1. The molecule has 152 valence electrons. The number of benzene rings is 1. The second kappa shape index (κ2) is 8.69. The molecule has 3 heterocycles. The zero-order chi connectivity index (χ0) is 21.1. The SMILES string of the molecule is CCOC(=O)N1CCc2c(sc(NC(=O)c3cc(-c4ccccc4)cs3)c2C#N)C1. The van der Waals surface area contributed by atoms with Crippen LogP contribution in [0.4, 0.5) is 9.80 Å². The van der Waals surface area contributed by atoms with Crippen LogP contribution < -0.4 is 5.32 Å². The second-order valence-corrected chi connectivity index (χ2v) is 8.73. The molecule has 0 radical (unpaired) electrons. The molecule has 0 spiro atoms. The fourth-order valence-electron chi connectivity index (χ4n) is 3.38. The van der Waals surface area contributed by atoms with Crippen molar-refractivity contribution in [3.05, 3.63) is 62.7 Å². The molecule has 1 N–H and O–H groups in total. The number of hydrogen-bond acceptors (Lipinski definition) is 6. The lowest BCUT2D eigenvalue weighted by Crippen LogP contribution is -2.35. The number of carbonyl (C=O) groups is 2. The average Bonchev–Trinajstić information content (AvgIpc) is 3.38. The lowest BCUT2D eigenvalue weighted by molar-refractivity contribution is 0.102. The maximum absolute atomic E-state index is 12.8. The Labute approximate surface area is 182 Å². The third kappa shape index (κ3) is 3.95. The molecule has 0 bridgehead atoms. The number of anilines is 1. The van der Waals surface area contributed by atoms with Gasteiger partial charge in [-0.15, -0.1) is 22.7 Å². The minimum absolute atomic E-state index is 0.237. The van der Waals surface area contributed by atoms with Crippen LogP contribution in [0.2, 0.25) is 0 Å². The smallest absolute Gasteiger partial charge is 0.410 e. The van der Waals surface area contributed by atoms with Gasteiger partial charge in [-0.2, -0.15) is 5.26 Å². The molecule has 4 rings (SSSR count).